The number of ether oxygens (including phenoxy) is 2. The van der Waals surface area contributed by atoms with Crippen LogP contribution < -0.4 is 14.8 Å². The van der Waals surface area contributed by atoms with Gasteiger partial charge in [-0.2, -0.15) is 0 Å². The Kier molecular flexibility index (Phi) is 8.80. The van der Waals surface area contributed by atoms with Gasteiger partial charge in [0.2, 0.25) is 5.91 Å². The minimum atomic E-state index is -0.583. The van der Waals surface area contributed by atoms with Gasteiger partial charge in [-0.1, -0.05) is 55.6 Å². The molecule has 1 aliphatic rings. The number of benzene rings is 2. The monoisotopic (exact) mass is 458 g/mol. The highest BCUT2D eigenvalue weighted by molar-refractivity contribution is 6.30. The maximum Gasteiger partial charge on any atom is 0.261 e. The van der Waals surface area contributed by atoms with Crippen LogP contribution in [0.1, 0.15) is 44.6 Å². The van der Waals surface area contributed by atoms with Gasteiger partial charge in [-0.25, -0.2) is 0 Å². The standard InChI is InChI=1S/C25H31ClN2O4/c1-3-21(25(30)27-20-8-4-5-9-20)28(16-18-12-14-19(26)15-13-18)24(29)17-32-23-11-7-6-10-22(23)31-2/h6-7,10-15,20-21H,3-5,8-9,16-17H2,1-2H3,(H,27,30). The van der Waals surface area contributed by atoms with E-state index in [1.54, 1.807) is 36.3 Å². The maximum absolute atomic E-state index is 13.3. The number of carbonyl (C=O) groups is 2. The summed E-state index contributed by atoms with van der Waals surface area (Å²) >= 11 is 6.02. The van der Waals surface area contributed by atoms with Crippen molar-refractivity contribution in [2.45, 2.75) is 57.7 Å². The summed E-state index contributed by atoms with van der Waals surface area (Å²) in [7, 11) is 1.55. The lowest BCUT2D eigenvalue weighted by Gasteiger charge is -2.31. The van der Waals surface area contributed by atoms with E-state index >= 15 is 0 Å². The van der Waals surface area contributed by atoms with E-state index in [2.05, 4.69) is 5.32 Å². The molecule has 0 aliphatic heterocycles. The van der Waals surface area contributed by atoms with Crippen molar-refractivity contribution in [1.29, 1.82) is 0 Å². The number of nitrogens with one attached hydrogen (secondary N) is 1. The van der Waals surface area contributed by atoms with Crippen molar-refractivity contribution in [2.24, 2.45) is 0 Å². The third-order valence-electron chi connectivity index (χ3n) is 5.77. The highest BCUT2D eigenvalue weighted by Gasteiger charge is 2.31. The van der Waals surface area contributed by atoms with Gasteiger partial charge in [0, 0.05) is 17.6 Å². The third kappa shape index (κ3) is 6.39. The fraction of sp³-hybridized carbons (Fsp3) is 0.440. The second-order valence-corrected chi connectivity index (χ2v) is 8.44. The molecule has 0 spiro atoms. The van der Waals surface area contributed by atoms with Crippen LogP contribution in [-0.4, -0.2) is 42.5 Å². The van der Waals surface area contributed by atoms with Crippen LogP contribution in [0, 0.1) is 0 Å². The van der Waals surface area contributed by atoms with Crippen LogP contribution >= 0.6 is 11.6 Å². The number of amides is 2. The Morgan fingerprint density at radius 3 is 2.38 bits per heavy atom. The lowest BCUT2D eigenvalue weighted by Crippen LogP contribution is -2.52. The van der Waals surface area contributed by atoms with Gasteiger partial charge < -0.3 is 19.7 Å². The predicted octanol–water partition coefficient (Wildman–Crippen LogP) is 4.59. The zero-order valence-corrected chi connectivity index (χ0v) is 19.4. The molecule has 7 heteroatoms. The van der Waals surface area contributed by atoms with Crippen molar-refractivity contribution in [3.8, 4) is 11.5 Å². The molecule has 0 aromatic heterocycles. The van der Waals surface area contributed by atoms with Crippen LogP contribution in [0.15, 0.2) is 48.5 Å². The molecule has 0 heterocycles. The molecule has 32 heavy (non-hydrogen) atoms. The first-order chi connectivity index (χ1) is 15.5. The Morgan fingerprint density at radius 1 is 1.09 bits per heavy atom. The summed E-state index contributed by atoms with van der Waals surface area (Å²) in [6, 6.07) is 14.1. The Labute approximate surface area is 194 Å². The van der Waals surface area contributed by atoms with Gasteiger partial charge in [-0.3, -0.25) is 9.59 Å². The number of para-hydroxylation sites is 2. The molecule has 2 amide bonds. The van der Waals surface area contributed by atoms with E-state index in [1.165, 1.54) is 0 Å². The fourth-order valence-corrected chi connectivity index (χ4v) is 4.16. The Morgan fingerprint density at radius 2 is 1.75 bits per heavy atom. The number of hydrogen-bond donors (Lipinski definition) is 1. The summed E-state index contributed by atoms with van der Waals surface area (Å²) in [4.78, 5) is 28.0. The van der Waals surface area contributed by atoms with Crippen molar-refractivity contribution in [1.82, 2.24) is 10.2 Å². The smallest absolute Gasteiger partial charge is 0.261 e. The first kappa shape index (κ1) is 23.9. The van der Waals surface area contributed by atoms with Crippen LogP contribution in [0.4, 0.5) is 0 Å². The van der Waals surface area contributed by atoms with Crippen molar-refractivity contribution in [3.63, 3.8) is 0 Å². The molecule has 3 rings (SSSR count). The molecular weight excluding hydrogens is 428 g/mol. The number of halogens is 1. The van der Waals surface area contributed by atoms with Crippen LogP contribution in [0.2, 0.25) is 5.02 Å². The van der Waals surface area contributed by atoms with Gasteiger partial charge in [0.1, 0.15) is 6.04 Å². The second-order valence-electron chi connectivity index (χ2n) is 8.00. The third-order valence-corrected chi connectivity index (χ3v) is 6.03. The first-order valence-electron chi connectivity index (χ1n) is 11.1. The van der Waals surface area contributed by atoms with Gasteiger partial charge in [-0.05, 0) is 49.1 Å². The van der Waals surface area contributed by atoms with Gasteiger partial charge in [0.15, 0.2) is 18.1 Å². The zero-order chi connectivity index (χ0) is 22.9. The average molecular weight is 459 g/mol. The minimum absolute atomic E-state index is 0.112. The highest BCUT2D eigenvalue weighted by atomic mass is 35.5. The normalized spacial score (nSPS) is 14.6. The van der Waals surface area contributed by atoms with E-state index < -0.39 is 6.04 Å². The van der Waals surface area contributed by atoms with Gasteiger partial charge >= 0.3 is 0 Å². The van der Waals surface area contributed by atoms with E-state index in [-0.39, 0.29) is 24.5 Å². The van der Waals surface area contributed by atoms with Crippen LogP contribution in [-0.2, 0) is 16.1 Å². The number of nitrogens with zero attached hydrogens (tertiary/aromatic N) is 1. The summed E-state index contributed by atoms with van der Waals surface area (Å²) < 4.78 is 11.1. The quantitative estimate of drug-likeness (QED) is 0.565. The topological polar surface area (TPSA) is 67.9 Å². The summed E-state index contributed by atoms with van der Waals surface area (Å²) in [5, 5.41) is 3.76. The minimum Gasteiger partial charge on any atom is -0.493 e. The molecule has 1 unspecified atom stereocenters. The Bertz CT molecular complexity index is 897. The number of hydrogen-bond acceptors (Lipinski definition) is 4. The SMILES string of the molecule is CCC(C(=O)NC1CCCC1)N(Cc1ccc(Cl)cc1)C(=O)COc1ccccc1OC. The van der Waals surface area contributed by atoms with E-state index in [0.29, 0.717) is 29.5 Å². The molecule has 0 bridgehead atoms. The molecule has 2 aromatic carbocycles. The molecule has 1 atom stereocenters. The molecule has 1 saturated carbocycles. The summed E-state index contributed by atoms with van der Waals surface area (Å²) in [6.07, 6.45) is 4.74. The zero-order valence-electron chi connectivity index (χ0n) is 18.7. The van der Waals surface area contributed by atoms with Crippen LogP contribution in [0.5, 0.6) is 11.5 Å². The molecule has 0 saturated heterocycles. The predicted molar refractivity (Wildman–Crippen MR) is 125 cm³/mol. The second kappa shape index (κ2) is 11.8. The molecule has 0 radical (unpaired) electrons. The van der Waals surface area contributed by atoms with E-state index in [9.17, 15) is 9.59 Å². The fourth-order valence-electron chi connectivity index (χ4n) is 4.03. The largest absolute Gasteiger partial charge is 0.493 e. The van der Waals surface area contributed by atoms with Crippen molar-refractivity contribution in [2.75, 3.05) is 13.7 Å². The van der Waals surface area contributed by atoms with Gasteiger partial charge in [0.05, 0.1) is 7.11 Å². The van der Waals surface area contributed by atoms with Gasteiger partial charge in [-0.15, -0.1) is 0 Å². The van der Waals surface area contributed by atoms with E-state index in [0.717, 1.165) is 31.2 Å². The number of rotatable bonds is 10. The van der Waals surface area contributed by atoms with Crippen molar-refractivity contribution >= 4 is 23.4 Å². The number of carbonyl (C=O) groups excluding carboxylic acids is 2. The molecule has 1 aliphatic carbocycles. The molecule has 1 fully saturated rings. The van der Waals surface area contributed by atoms with Crippen molar-refractivity contribution in [3.05, 3.63) is 59.1 Å². The number of methoxy groups -OCH3 is 1. The van der Waals surface area contributed by atoms with E-state index in [1.807, 2.05) is 31.2 Å². The Balaban J connectivity index is 1.76. The highest BCUT2D eigenvalue weighted by Crippen LogP contribution is 2.26. The molecular formula is C25H31ClN2O4. The summed E-state index contributed by atoms with van der Waals surface area (Å²) in [6.45, 7) is 2.02. The maximum atomic E-state index is 13.3. The molecule has 172 valence electrons. The van der Waals surface area contributed by atoms with Crippen molar-refractivity contribution < 1.29 is 19.1 Å². The summed E-state index contributed by atoms with van der Waals surface area (Å²) in [5.74, 6) is 0.659. The molecule has 6 nitrogen and oxygen atoms in total. The van der Waals surface area contributed by atoms with Crippen LogP contribution in [0.25, 0.3) is 0 Å². The van der Waals surface area contributed by atoms with Crippen LogP contribution in [0.3, 0.4) is 0 Å². The van der Waals surface area contributed by atoms with E-state index in [4.69, 9.17) is 21.1 Å². The van der Waals surface area contributed by atoms with Gasteiger partial charge in [0.25, 0.3) is 5.91 Å². The summed E-state index contributed by atoms with van der Waals surface area (Å²) in [5.41, 5.74) is 0.896. The Hall–Kier alpha value is -2.73. The first-order valence-corrected chi connectivity index (χ1v) is 11.5. The molecule has 1 N–H and O–H groups in total. The molecule has 2 aromatic rings. The lowest BCUT2D eigenvalue weighted by atomic mass is 10.1. The lowest BCUT2D eigenvalue weighted by molar-refractivity contribution is -0.143. The average Bonchev–Trinajstić information content (AvgIpc) is 3.31.